The van der Waals surface area contributed by atoms with Crippen molar-refractivity contribution in [1.29, 1.82) is 0 Å². The van der Waals surface area contributed by atoms with Crippen molar-refractivity contribution in [2.45, 2.75) is 25.4 Å². The fraction of sp³-hybridized carbons (Fsp3) is 0.333. The lowest BCUT2D eigenvalue weighted by atomic mass is 10.1. The van der Waals surface area contributed by atoms with E-state index in [2.05, 4.69) is 10.3 Å². The summed E-state index contributed by atoms with van der Waals surface area (Å²) in [6.45, 7) is 0.647. The minimum atomic E-state index is -0.352. The Kier molecular flexibility index (Phi) is 4.98. The van der Waals surface area contributed by atoms with Gasteiger partial charge in [-0.1, -0.05) is 23.2 Å². The number of anilines is 1. The van der Waals surface area contributed by atoms with Gasteiger partial charge in [-0.2, -0.15) is 0 Å². The number of carbonyl (C=O) groups excluding carboxylic acids is 1. The molecule has 1 aromatic heterocycles. The lowest BCUT2D eigenvalue weighted by Crippen LogP contribution is -2.26. The maximum absolute atomic E-state index is 12.0. The SMILES string of the molecule is O=C(Nc1ncc(Cc2cc(Cl)ccc2Cl)s1)C1CCCO1. The summed E-state index contributed by atoms with van der Waals surface area (Å²) in [5.41, 5.74) is 0.940. The van der Waals surface area contributed by atoms with Crippen LogP contribution in [0, 0.1) is 0 Å². The fourth-order valence-electron chi connectivity index (χ4n) is 2.28. The summed E-state index contributed by atoms with van der Waals surface area (Å²) in [6.07, 6.45) is 3.71. The molecule has 3 rings (SSSR count). The zero-order valence-corrected chi connectivity index (χ0v) is 14.0. The van der Waals surface area contributed by atoms with E-state index in [-0.39, 0.29) is 12.0 Å². The van der Waals surface area contributed by atoms with Gasteiger partial charge < -0.3 is 4.74 Å². The van der Waals surface area contributed by atoms with Gasteiger partial charge in [0.2, 0.25) is 0 Å². The molecule has 1 saturated heterocycles. The van der Waals surface area contributed by atoms with E-state index in [0.29, 0.717) is 28.2 Å². The molecule has 1 atom stereocenters. The summed E-state index contributed by atoms with van der Waals surface area (Å²) in [5.74, 6) is -0.126. The third-order valence-electron chi connectivity index (χ3n) is 3.38. The Labute approximate surface area is 142 Å². The van der Waals surface area contributed by atoms with E-state index in [1.807, 2.05) is 6.07 Å². The summed E-state index contributed by atoms with van der Waals surface area (Å²) in [4.78, 5) is 17.2. The molecule has 1 N–H and O–H groups in total. The number of benzene rings is 1. The van der Waals surface area contributed by atoms with Gasteiger partial charge >= 0.3 is 0 Å². The standard InChI is InChI=1S/C15H14Cl2N2O2S/c16-10-3-4-12(17)9(6-10)7-11-8-18-15(22-11)19-14(20)13-2-1-5-21-13/h3-4,6,8,13H,1-2,5,7H2,(H,18,19,20). The summed E-state index contributed by atoms with van der Waals surface area (Å²) in [6, 6.07) is 5.38. The quantitative estimate of drug-likeness (QED) is 0.894. The lowest BCUT2D eigenvalue weighted by molar-refractivity contribution is -0.124. The van der Waals surface area contributed by atoms with E-state index in [4.69, 9.17) is 27.9 Å². The molecule has 0 aliphatic carbocycles. The molecule has 2 heterocycles. The van der Waals surface area contributed by atoms with E-state index >= 15 is 0 Å². The number of carbonyl (C=O) groups is 1. The van der Waals surface area contributed by atoms with Gasteiger partial charge in [0.15, 0.2) is 5.13 Å². The van der Waals surface area contributed by atoms with Crippen LogP contribution in [0.15, 0.2) is 24.4 Å². The maximum Gasteiger partial charge on any atom is 0.255 e. The van der Waals surface area contributed by atoms with Crippen molar-refractivity contribution in [2.75, 3.05) is 11.9 Å². The van der Waals surface area contributed by atoms with Gasteiger partial charge in [-0.15, -0.1) is 11.3 Å². The minimum Gasteiger partial charge on any atom is -0.368 e. The predicted octanol–water partition coefficient (Wildman–Crippen LogP) is 4.16. The molecule has 4 nitrogen and oxygen atoms in total. The molecule has 2 aromatic rings. The zero-order chi connectivity index (χ0) is 15.5. The highest BCUT2D eigenvalue weighted by Gasteiger charge is 2.24. The molecule has 1 aliphatic heterocycles. The van der Waals surface area contributed by atoms with Gasteiger partial charge in [0.25, 0.3) is 5.91 Å². The highest BCUT2D eigenvalue weighted by Crippen LogP contribution is 2.27. The number of nitrogens with zero attached hydrogens (tertiary/aromatic N) is 1. The second-order valence-electron chi connectivity index (χ2n) is 5.04. The van der Waals surface area contributed by atoms with Crippen molar-refractivity contribution in [3.05, 3.63) is 44.9 Å². The molecule has 0 spiro atoms. The van der Waals surface area contributed by atoms with Crippen molar-refractivity contribution in [3.63, 3.8) is 0 Å². The third kappa shape index (κ3) is 3.79. The van der Waals surface area contributed by atoms with Crippen LogP contribution >= 0.6 is 34.5 Å². The van der Waals surface area contributed by atoms with Crippen molar-refractivity contribution >= 4 is 45.6 Å². The van der Waals surface area contributed by atoms with Crippen molar-refractivity contribution in [3.8, 4) is 0 Å². The maximum atomic E-state index is 12.0. The molecule has 1 amide bonds. The number of halogens is 2. The van der Waals surface area contributed by atoms with Crippen molar-refractivity contribution < 1.29 is 9.53 Å². The van der Waals surface area contributed by atoms with Crippen molar-refractivity contribution in [1.82, 2.24) is 4.98 Å². The zero-order valence-electron chi connectivity index (χ0n) is 11.6. The summed E-state index contributed by atoms with van der Waals surface area (Å²) in [5, 5.41) is 4.70. The average molecular weight is 357 g/mol. The van der Waals surface area contributed by atoms with E-state index < -0.39 is 0 Å². The number of hydrogen-bond donors (Lipinski definition) is 1. The van der Waals surface area contributed by atoms with E-state index in [0.717, 1.165) is 23.3 Å². The Hall–Kier alpha value is -1.14. The van der Waals surface area contributed by atoms with Crippen LogP contribution in [0.1, 0.15) is 23.3 Å². The Morgan fingerprint density at radius 1 is 1.45 bits per heavy atom. The molecule has 1 unspecified atom stereocenters. The number of ether oxygens (including phenoxy) is 1. The minimum absolute atomic E-state index is 0.126. The number of hydrogen-bond acceptors (Lipinski definition) is 4. The van der Waals surface area contributed by atoms with Crippen LogP contribution in [0.5, 0.6) is 0 Å². The second kappa shape index (κ2) is 6.96. The molecule has 0 bridgehead atoms. The predicted molar refractivity (Wildman–Crippen MR) is 89.0 cm³/mol. The first kappa shape index (κ1) is 15.7. The summed E-state index contributed by atoms with van der Waals surface area (Å²) < 4.78 is 5.35. The van der Waals surface area contributed by atoms with Crippen LogP contribution in [-0.4, -0.2) is 23.6 Å². The molecule has 1 aliphatic rings. The molecular formula is C15H14Cl2N2O2S. The number of nitrogens with one attached hydrogen (secondary N) is 1. The topological polar surface area (TPSA) is 51.2 Å². The number of thiazole rings is 1. The van der Waals surface area contributed by atoms with E-state index in [9.17, 15) is 4.79 Å². The smallest absolute Gasteiger partial charge is 0.255 e. The molecule has 116 valence electrons. The molecular weight excluding hydrogens is 343 g/mol. The molecule has 0 radical (unpaired) electrons. The highest BCUT2D eigenvalue weighted by molar-refractivity contribution is 7.15. The first-order chi connectivity index (χ1) is 10.6. The van der Waals surface area contributed by atoms with Crippen LogP contribution in [0.2, 0.25) is 10.0 Å². The highest BCUT2D eigenvalue weighted by atomic mass is 35.5. The monoisotopic (exact) mass is 356 g/mol. The Morgan fingerprint density at radius 2 is 2.32 bits per heavy atom. The molecule has 0 saturated carbocycles. The van der Waals surface area contributed by atoms with E-state index in [1.165, 1.54) is 11.3 Å². The van der Waals surface area contributed by atoms with Crippen LogP contribution < -0.4 is 5.32 Å². The Balaban J connectivity index is 1.65. The average Bonchev–Trinajstić information content (AvgIpc) is 3.14. The number of aromatic nitrogens is 1. The largest absolute Gasteiger partial charge is 0.368 e. The molecule has 7 heteroatoms. The first-order valence-corrected chi connectivity index (χ1v) is 8.50. The number of rotatable bonds is 4. The summed E-state index contributed by atoms with van der Waals surface area (Å²) in [7, 11) is 0. The van der Waals surface area contributed by atoms with E-state index in [1.54, 1.807) is 18.3 Å². The van der Waals surface area contributed by atoms with Gasteiger partial charge in [0.1, 0.15) is 6.10 Å². The van der Waals surface area contributed by atoms with Crippen molar-refractivity contribution in [2.24, 2.45) is 0 Å². The van der Waals surface area contributed by atoms with Gasteiger partial charge in [-0.3, -0.25) is 10.1 Å². The normalized spacial score (nSPS) is 17.6. The molecule has 1 fully saturated rings. The molecule has 22 heavy (non-hydrogen) atoms. The molecule has 1 aromatic carbocycles. The Bertz CT molecular complexity index is 684. The van der Waals surface area contributed by atoms with Crippen LogP contribution in [0.25, 0.3) is 0 Å². The summed E-state index contributed by atoms with van der Waals surface area (Å²) >= 11 is 13.6. The number of amides is 1. The van der Waals surface area contributed by atoms with Gasteiger partial charge in [0, 0.05) is 34.1 Å². The fourth-order valence-corrected chi connectivity index (χ4v) is 3.50. The van der Waals surface area contributed by atoms with Gasteiger partial charge in [0.05, 0.1) is 0 Å². The van der Waals surface area contributed by atoms with Gasteiger partial charge in [-0.05, 0) is 36.6 Å². The van der Waals surface area contributed by atoms with Gasteiger partial charge in [-0.25, -0.2) is 4.98 Å². The lowest BCUT2D eigenvalue weighted by Gasteiger charge is -2.07. The first-order valence-electron chi connectivity index (χ1n) is 6.93. The Morgan fingerprint density at radius 3 is 3.09 bits per heavy atom. The van der Waals surface area contributed by atoms with Crippen LogP contribution in [-0.2, 0) is 16.0 Å². The second-order valence-corrected chi connectivity index (χ2v) is 6.99. The third-order valence-corrected chi connectivity index (χ3v) is 4.89. The van der Waals surface area contributed by atoms with Crippen LogP contribution in [0.3, 0.4) is 0 Å². The van der Waals surface area contributed by atoms with Crippen LogP contribution in [0.4, 0.5) is 5.13 Å².